The van der Waals surface area contributed by atoms with Crippen LogP contribution in [0.1, 0.15) is 28.8 Å². The molecule has 0 spiro atoms. The van der Waals surface area contributed by atoms with Crippen LogP contribution in [0.15, 0.2) is 47.4 Å². The minimum atomic E-state index is -3.65. The summed E-state index contributed by atoms with van der Waals surface area (Å²) >= 11 is 0. The van der Waals surface area contributed by atoms with Gasteiger partial charge in [0.1, 0.15) is 5.75 Å². The fourth-order valence-electron chi connectivity index (χ4n) is 3.81. The van der Waals surface area contributed by atoms with Gasteiger partial charge in [-0.25, -0.2) is 18.2 Å². The molecule has 8 heteroatoms. The van der Waals surface area contributed by atoms with Crippen LogP contribution in [-0.2, 0) is 10.0 Å². The second kappa shape index (κ2) is 7.70. The van der Waals surface area contributed by atoms with Crippen molar-refractivity contribution in [2.24, 2.45) is 0 Å². The molecule has 1 fully saturated rings. The van der Waals surface area contributed by atoms with Crippen LogP contribution >= 0.6 is 0 Å². The molecule has 1 saturated heterocycles. The zero-order valence-electron chi connectivity index (χ0n) is 16.8. The number of ether oxygens (including phenoxy) is 1. The van der Waals surface area contributed by atoms with E-state index < -0.39 is 16.0 Å². The predicted molar refractivity (Wildman–Crippen MR) is 113 cm³/mol. The Bertz CT molecular complexity index is 1250. The number of fused-ring (bicyclic) bond motifs is 1. The Kier molecular flexibility index (Phi) is 5.21. The molecule has 0 amide bonds. The van der Waals surface area contributed by atoms with Crippen molar-refractivity contribution in [3.8, 4) is 17.0 Å². The molecule has 7 nitrogen and oxygen atoms in total. The van der Waals surface area contributed by atoms with Gasteiger partial charge < -0.3 is 9.84 Å². The summed E-state index contributed by atoms with van der Waals surface area (Å²) in [5.41, 5.74) is 2.64. The van der Waals surface area contributed by atoms with Gasteiger partial charge in [0.25, 0.3) is 0 Å². The third-order valence-corrected chi connectivity index (χ3v) is 7.32. The number of methoxy groups -OCH3 is 1. The zero-order chi connectivity index (χ0) is 21.5. The van der Waals surface area contributed by atoms with E-state index in [0.29, 0.717) is 35.4 Å². The molecular weight excluding hydrogens is 404 g/mol. The largest absolute Gasteiger partial charge is 0.497 e. The summed E-state index contributed by atoms with van der Waals surface area (Å²) in [6.45, 7) is 2.87. The average molecular weight is 426 g/mol. The topological polar surface area (TPSA) is 96.8 Å². The van der Waals surface area contributed by atoms with Gasteiger partial charge >= 0.3 is 5.97 Å². The van der Waals surface area contributed by atoms with E-state index in [1.165, 1.54) is 22.5 Å². The molecule has 0 saturated carbocycles. The quantitative estimate of drug-likeness (QED) is 0.668. The second-order valence-electron chi connectivity index (χ2n) is 7.33. The Morgan fingerprint density at radius 3 is 2.47 bits per heavy atom. The first kappa shape index (κ1) is 20.3. The number of aromatic nitrogens is 1. The Balaban J connectivity index is 1.87. The van der Waals surface area contributed by atoms with Gasteiger partial charge in [0.2, 0.25) is 10.0 Å². The van der Waals surface area contributed by atoms with E-state index in [4.69, 9.17) is 4.74 Å². The first-order chi connectivity index (χ1) is 14.3. The molecule has 0 bridgehead atoms. The first-order valence-corrected chi connectivity index (χ1v) is 11.1. The number of carboxylic acid groups (broad SMARTS) is 1. The van der Waals surface area contributed by atoms with Gasteiger partial charge in [-0.3, -0.25) is 0 Å². The number of hydrogen-bond acceptors (Lipinski definition) is 5. The highest BCUT2D eigenvalue weighted by Gasteiger charge is 2.28. The van der Waals surface area contributed by atoms with Crippen LogP contribution in [0.25, 0.3) is 22.2 Å². The van der Waals surface area contributed by atoms with Gasteiger partial charge in [0, 0.05) is 24.0 Å². The van der Waals surface area contributed by atoms with Crippen LogP contribution in [0.3, 0.4) is 0 Å². The maximum atomic E-state index is 12.9. The van der Waals surface area contributed by atoms with E-state index >= 15 is 0 Å². The zero-order valence-corrected chi connectivity index (χ0v) is 17.6. The molecule has 0 atom stereocenters. The van der Waals surface area contributed by atoms with Gasteiger partial charge in [-0.05, 0) is 67.8 Å². The highest BCUT2D eigenvalue weighted by Crippen LogP contribution is 2.31. The Labute approximate surface area is 175 Å². The Morgan fingerprint density at radius 1 is 1.10 bits per heavy atom. The van der Waals surface area contributed by atoms with Gasteiger partial charge in [0.15, 0.2) is 0 Å². The minimum Gasteiger partial charge on any atom is -0.497 e. The molecule has 1 N–H and O–H groups in total. The van der Waals surface area contributed by atoms with Crippen LogP contribution in [0.2, 0.25) is 0 Å². The number of pyridine rings is 1. The van der Waals surface area contributed by atoms with Crippen LogP contribution in [0.4, 0.5) is 0 Å². The number of sulfonamides is 1. The third kappa shape index (κ3) is 3.53. The number of aromatic carboxylic acids is 1. The first-order valence-electron chi connectivity index (χ1n) is 9.64. The summed E-state index contributed by atoms with van der Waals surface area (Å²) in [5.74, 6) is -0.433. The normalized spacial score (nSPS) is 14.9. The molecule has 0 aliphatic carbocycles. The van der Waals surface area contributed by atoms with Gasteiger partial charge in [-0.1, -0.05) is 0 Å². The number of carbonyl (C=O) groups is 1. The van der Waals surface area contributed by atoms with Crippen molar-refractivity contribution < 1.29 is 23.1 Å². The van der Waals surface area contributed by atoms with E-state index in [1.54, 1.807) is 19.2 Å². The lowest BCUT2D eigenvalue weighted by atomic mass is 10.0. The van der Waals surface area contributed by atoms with Crippen LogP contribution < -0.4 is 4.74 Å². The highest BCUT2D eigenvalue weighted by molar-refractivity contribution is 7.89. The molecular formula is C22H22N2O5S. The van der Waals surface area contributed by atoms with Crippen molar-refractivity contribution in [1.82, 2.24) is 9.29 Å². The number of aryl methyl sites for hydroxylation is 1. The predicted octanol–water partition coefficient (Wildman–Crippen LogP) is 3.70. The highest BCUT2D eigenvalue weighted by atomic mass is 32.2. The third-order valence-electron chi connectivity index (χ3n) is 5.42. The summed E-state index contributed by atoms with van der Waals surface area (Å²) in [6.07, 6.45) is 1.67. The molecule has 156 valence electrons. The van der Waals surface area contributed by atoms with Gasteiger partial charge in [0.05, 0.1) is 28.8 Å². The van der Waals surface area contributed by atoms with E-state index in [0.717, 1.165) is 24.0 Å². The molecule has 2 heterocycles. The van der Waals surface area contributed by atoms with Crippen molar-refractivity contribution in [3.63, 3.8) is 0 Å². The van der Waals surface area contributed by atoms with Crippen molar-refractivity contribution in [2.45, 2.75) is 24.7 Å². The molecule has 0 radical (unpaired) electrons. The van der Waals surface area contributed by atoms with E-state index in [9.17, 15) is 18.3 Å². The van der Waals surface area contributed by atoms with Gasteiger partial charge in [-0.15, -0.1) is 0 Å². The molecule has 1 aliphatic rings. The molecule has 4 rings (SSSR count). The summed E-state index contributed by atoms with van der Waals surface area (Å²) in [7, 11) is -2.07. The van der Waals surface area contributed by atoms with Crippen LogP contribution in [0.5, 0.6) is 5.75 Å². The number of carboxylic acids is 1. The fraction of sp³-hybridized carbons (Fsp3) is 0.273. The number of rotatable bonds is 5. The van der Waals surface area contributed by atoms with Crippen LogP contribution in [0, 0.1) is 6.92 Å². The number of benzene rings is 2. The van der Waals surface area contributed by atoms with Crippen molar-refractivity contribution in [2.75, 3.05) is 20.2 Å². The lowest BCUT2D eigenvalue weighted by molar-refractivity contribution is 0.0699. The maximum Gasteiger partial charge on any atom is 0.336 e. The Morgan fingerprint density at radius 2 is 1.83 bits per heavy atom. The smallest absolute Gasteiger partial charge is 0.336 e. The summed E-state index contributed by atoms with van der Waals surface area (Å²) < 4.78 is 32.5. The standard InChI is InChI=1S/C22H22N2O5S/c1-14-11-15(29-2)5-7-17(14)21-13-19(22(25)26)18-12-16(6-8-20(18)23-21)30(27,28)24-9-3-4-10-24/h5-8,11-13H,3-4,9-10H2,1-2H3,(H,25,26). The minimum absolute atomic E-state index is 0.0173. The SMILES string of the molecule is COc1ccc(-c2cc(C(=O)O)c3cc(S(=O)(=O)N4CCCC4)ccc3n2)c(C)c1. The van der Waals surface area contributed by atoms with Crippen molar-refractivity contribution in [3.05, 3.63) is 53.6 Å². The lowest BCUT2D eigenvalue weighted by Crippen LogP contribution is -2.27. The maximum absolute atomic E-state index is 12.9. The van der Waals surface area contributed by atoms with E-state index in [2.05, 4.69) is 4.98 Å². The van der Waals surface area contributed by atoms with E-state index in [-0.39, 0.29) is 10.5 Å². The van der Waals surface area contributed by atoms with E-state index in [1.807, 2.05) is 19.1 Å². The Hall–Kier alpha value is -2.97. The second-order valence-corrected chi connectivity index (χ2v) is 9.27. The molecule has 2 aromatic carbocycles. The molecule has 30 heavy (non-hydrogen) atoms. The average Bonchev–Trinajstić information content (AvgIpc) is 3.28. The fourth-order valence-corrected chi connectivity index (χ4v) is 5.35. The summed E-state index contributed by atoms with van der Waals surface area (Å²) in [6, 6.07) is 11.5. The summed E-state index contributed by atoms with van der Waals surface area (Å²) in [4.78, 5) is 16.7. The monoisotopic (exact) mass is 426 g/mol. The van der Waals surface area contributed by atoms with Crippen molar-refractivity contribution in [1.29, 1.82) is 0 Å². The molecule has 1 aromatic heterocycles. The molecule has 0 unspecified atom stereocenters. The summed E-state index contributed by atoms with van der Waals surface area (Å²) in [5, 5.41) is 10.1. The number of hydrogen-bond donors (Lipinski definition) is 1. The lowest BCUT2D eigenvalue weighted by Gasteiger charge is -2.16. The molecule has 3 aromatic rings. The molecule has 1 aliphatic heterocycles. The van der Waals surface area contributed by atoms with Crippen LogP contribution in [-0.4, -0.2) is 49.0 Å². The van der Waals surface area contributed by atoms with Crippen molar-refractivity contribution >= 4 is 26.9 Å². The van der Waals surface area contributed by atoms with Gasteiger partial charge in [-0.2, -0.15) is 4.31 Å². The number of nitrogens with zero attached hydrogens (tertiary/aromatic N) is 2.